The molecule has 0 amide bonds. The largest absolute Gasteiger partial charge is 0.389 e. The van der Waals surface area contributed by atoms with Crippen molar-refractivity contribution in [1.82, 2.24) is 5.32 Å². The average molecular weight is 255 g/mol. The SMILES string of the molecule is CCC(C)(O)CNC1CCOC2(CCCCC2)C1. The molecular formula is C15H29NO2. The number of aliphatic hydroxyl groups is 1. The van der Waals surface area contributed by atoms with E-state index >= 15 is 0 Å². The molecule has 1 aliphatic carbocycles. The molecule has 1 spiro atoms. The van der Waals surface area contributed by atoms with E-state index in [-0.39, 0.29) is 5.60 Å². The lowest BCUT2D eigenvalue weighted by atomic mass is 9.78. The van der Waals surface area contributed by atoms with Gasteiger partial charge in [0, 0.05) is 19.2 Å². The molecule has 106 valence electrons. The standard InChI is InChI=1S/C15H29NO2/c1-3-14(2,17)12-16-13-7-10-18-15(11-13)8-5-4-6-9-15/h13,16-17H,3-12H2,1-2H3. The van der Waals surface area contributed by atoms with Crippen molar-refractivity contribution in [3.8, 4) is 0 Å². The normalized spacial score (nSPS) is 31.2. The molecular weight excluding hydrogens is 226 g/mol. The van der Waals surface area contributed by atoms with Gasteiger partial charge in [0.05, 0.1) is 11.2 Å². The van der Waals surface area contributed by atoms with Gasteiger partial charge in [-0.25, -0.2) is 0 Å². The Morgan fingerprint density at radius 2 is 2.06 bits per heavy atom. The zero-order valence-electron chi connectivity index (χ0n) is 12.0. The van der Waals surface area contributed by atoms with Gasteiger partial charge in [-0.1, -0.05) is 26.2 Å². The zero-order chi connectivity index (χ0) is 13.1. The van der Waals surface area contributed by atoms with Crippen molar-refractivity contribution in [1.29, 1.82) is 0 Å². The molecule has 0 bridgehead atoms. The summed E-state index contributed by atoms with van der Waals surface area (Å²) in [6.07, 6.45) is 9.49. The number of ether oxygens (including phenoxy) is 1. The van der Waals surface area contributed by atoms with Gasteiger partial charge in [0.25, 0.3) is 0 Å². The van der Waals surface area contributed by atoms with Crippen LogP contribution in [0.5, 0.6) is 0 Å². The van der Waals surface area contributed by atoms with E-state index in [0.717, 1.165) is 25.9 Å². The molecule has 1 heterocycles. The molecule has 1 saturated heterocycles. The van der Waals surface area contributed by atoms with Gasteiger partial charge in [0.2, 0.25) is 0 Å². The lowest BCUT2D eigenvalue weighted by Crippen LogP contribution is -2.51. The molecule has 3 nitrogen and oxygen atoms in total. The maximum absolute atomic E-state index is 10.1. The van der Waals surface area contributed by atoms with Gasteiger partial charge in [-0.3, -0.25) is 0 Å². The third kappa shape index (κ3) is 3.69. The molecule has 2 rings (SSSR count). The van der Waals surface area contributed by atoms with E-state index in [0.29, 0.717) is 12.6 Å². The third-order valence-electron chi connectivity index (χ3n) is 4.79. The van der Waals surface area contributed by atoms with Gasteiger partial charge in [-0.2, -0.15) is 0 Å². The molecule has 0 aromatic rings. The highest BCUT2D eigenvalue weighted by Gasteiger charge is 2.38. The fraction of sp³-hybridized carbons (Fsp3) is 1.00. The minimum absolute atomic E-state index is 0.159. The second-order valence-corrected chi connectivity index (χ2v) is 6.51. The number of nitrogens with one attached hydrogen (secondary N) is 1. The molecule has 2 unspecified atom stereocenters. The van der Waals surface area contributed by atoms with Gasteiger partial charge in [-0.05, 0) is 39.0 Å². The van der Waals surface area contributed by atoms with Gasteiger partial charge < -0.3 is 15.2 Å². The first kappa shape index (κ1) is 14.3. The van der Waals surface area contributed by atoms with E-state index in [9.17, 15) is 5.11 Å². The second-order valence-electron chi connectivity index (χ2n) is 6.51. The topological polar surface area (TPSA) is 41.5 Å². The summed E-state index contributed by atoms with van der Waals surface area (Å²) in [6, 6.07) is 0.523. The van der Waals surface area contributed by atoms with Crippen LogP contribution in [0.3, 0.4) is 0 Å². The van der Waals surface area contributed by atoms with Gasteiger partial charge in [-0.15, -0.1) is 0 Å². The monoisotopic (exact) mass is 255 g/mol. The molecule has 0 aromatic carbocycles. The van der Waals surface area contributed by atoms with Crippen LogP contribution < -0.4 is 5.32 Å². The Kier molecular flexibility index (Phi) is 4.68. The van der Waals surface area contributed by atoms with E-state index in [2.05, 4.69) is 5.32 Å². The van der Waals surface area contributed by atoms with Gasteiger partial charge >= 0.3 is 0 Å². The zero-order valence-corrected chi connectivity index (χ0v) is 12.0. The first-order valence-electron chi connectivity index (χ1n) is 7.65. The molecule has 2 N–H and O–H groups in total. The molecule has 2 fully saturated rings. The lowest BCUT2D eigenvalue weighted by molar-refractivity contribution is -0.110. The molecule has 1 aliphatic heterocycles. The predicted octanol–water partition coefficient (Wildman–Crippen LogP) is 2.62. The summed E-state index contributed by atoms with van der Waals surface area (Å²) in [6.45, 7) is 5.53. The van der Waals surface area contributed by atoms with E-state index in [1.165, 1.54) is 32.1 Å². The van der Waals surface area contributed by atoms with Crippen molar-refractivity contribution in [3.63, 3.8) is 0 Å². The summed E-state index contributed by atoms with van der Waals surface area (Å²) < 4.78 is 6.09. The first-order chi connectivity index (χ1) is 8.55. The first-order valence-corrected chi connectivity index (χ1v) is 7.65. The van der Waals surface area contributed by atoms with Crippen LogP contribution in [0.1, 0.15) is 65.2 Å². The van der Waals surface area contributed by atoms with Crippen LogP contribution in [-0.4, -0.2) is 35.5 Å². The van der Waals surface area contributed by atoms with Crippen LogP contribution >= 0.6 is 0 Å². The van der Waals surface area contributed by atoms with Crippen LogP contribution in [0.4, 0.5) is 0 Å². The van der Waals surface area contributed by atoms with Gasteiger partial charge in [0.1, 0.15) is 0 Å². The maximum atomic E-state index is 10.1. The Labute approximate surface area is 111 Å². The third-order valence-corrected chi connectivity index (χ3v) is 4.79. The number of hydrogen-bond acceptors (Lipinski definition) is 3. The van der Waals surface area contributed by atoms with E-state index in [4.69, 9.17) is 4.74 Å². The molecule has 2 aliphatic rings. The minimum atomic E-state index is -0.571. The van der Waals surface area contributed by atoms with Crippen LogP contribution in [0.2, 0.25) is 0 Å². The van der Waals surface area contributed by atoms with Crippen molar-refractivity contribution < 1.29 is 9.84 Å². The lowest BCUT2D eigenvalue weighted by Gasteiger charge is -2.44. The van der Waals surface area contributed by atoms with Gasteiger partial charge in [0.15, 0.2) is 0 Å². The molecule has 3 heteroatoms. The summed E-state index contributed by atoms with van der Waals surface area (Å²) in [5, 5.41) is 13.6. The fourth-order valence-electron chi connectivity index (χ4n) is 3.24. The molecule has 1 saturated carbocycles. The fourth-order valence-corrected chi connectivity index (χ4v) is 3.24. The Morgan fingerprint density at radius 3 is 2.72 bits per heavy atom. The summed E-state index contributed by atoms with van der Waals surface area (Å²) in [5.41, 5.74) is -0.412. The molecule has 0 radical (unpaired) electrons. The Balaban J connectivity index is 1.83. The van der Waals surface area contributed by atoms with Crippen molar-refractivity contribution in [3.05, 3.63) is 0 Å². The van der Waals surface area contributed by atoms with E-state index in [1.807, 2.05) is 13.8 Å². The predicted molar refractivity (Wildman–Crippen MR) is 73.7 cm³/mol. The minimum Gasteiger partial charge on any atom is -0.389 e. The van der Waals surface area contributed by atoms with Crippen molar-refractivity contribution in [2.45, 2.75) is 82.5 Å². The van der Waals surface area contributed by atoms with Crippen molar-refractivity contribution >= 4 is 0 Å². The molecule has 0 aromatic heterocycles. The summed E-state index contributed by atoms with van der Waals surface area (Å²) >= 11 is 0. The Hall–Kier alpha value is -0.120. The summed E-state index contributed by atoms with van der Waals surface area (Å²) in [7, 11) is 0. The molecule has 2 atom stereocenters. The van der Waals surface area contributed by atoms with Crippen LogP contribution in [0.25, 0.3) is 0 Å². The van der Waals surface area contributed by atoms with E-state index in [1.54, 1.807) is 0 Å². The smallest absolute Gasteiger partial charge is 0.0741 e. The van der Waals surface area contributed by atoms with Crippen LogP contribution in [-0.2, 0) is 4.74 Å². The summed E-state index contributed by atoms with van der Waals surface area (Å²) in [5.74, 6) is 0. The highest BCUT2D eigenvalue weighted by molar-refractivity contribution is 4.92. The van der Waals surface area contributed by atoms with Crippen molar-refractivity contribution in [2.24, 2.45) is 0 Å². The van der Waals surface area contributed by atoms with Crippen molar-refractivity contribution in [2.75, 3.05) is 13.2 Å². The highest BCUT2D eigenvalue weighted by Crippen LogP contribution is 2.38. The Bertz CT molecular complexity index is 254. The van der Waals surface area contributed by atoms with Crippen LogP contribution in [0, 0.1) is 0 Å². The average Bonchev–Trinajstić information content (AvgIpc) is 2.38. The Morgan fingerprint density at radius 1 is 1.33 bits per heavy atom. The maximum Gasteiger partial charge on any atom is 0.0741 e. The quantitative estimate of drug-likeness (QED) is 0.811. The molecule has 18 heavy (non-hydrogen) atoms. The number of rotatable bonds is 4. The second kappa shape index (κ2) is 5.89. The number of hydrogen-bond donors (Lipinski definition) is 2. The highest BCUT2D eigenvalue weighted by atomic mass is 16.5. The van der Waals surface area contributed by atoms with Crippen LogP contribution in [0.15, 0.2) is 0 Å². The summed E-state index contributed by atoms with van der Waals surface area (Å²) in [4.78, 5) is 0. The van der Waals surface area contributed by atoms with E-state index < -0.39 is 5.60 Å².